The highest BCUT2D eigenvalue weighted by Gasteiger charge is 2.32. The van der Waals surface area contributed by atoms with E-state index in [0.717, 1.165) is 31.0 Å². The predicted molar refractivity (Wildman–Crippen MR) is 76.7 cm³/mol. The maximum absolute atomic E-state index is 8.98. The van der Waals surface area contributed by atoms with Crippen molar-refractivity contribution >= 4 is 5.82 Å². The van der Waals surface area contributed by atoms with Crippen LogP contribution < -0.4 is 4.90 Å². The van der Waals surface area contributed by atoms with Gasteiger partial charge in [0.25, 0.3) is 0 Å². The Hall–Kier alpha value is -2.42. The molecule has 1 saturated heterocycles. The smallest absolute Gasteiger partial charge is 0.249 e. The molecule has 2 aromatic heterocycles. The van der Waals surface area contributed by atoms with E-state index >= 15 is 0 Å². The van der Waals surface area contributed by atoms with Gasteiger partial charge in [0.2, 0.25) is 5.89 Å². The third-order valence-electron chi connectivity index (χ3n) is 3.65. The standard InChI is InChI=1S/C15H17N5O/c1-10(2)14-18-15(21-19-14)12-6-4-8-20(12)13-7-3-5-11(9-16)17-13/h3,5,7,10,12H,4,6,8H2,1-2H3/t12-/m0/s1. The van der Waals surface area contributed by atoms with Crippen LogP contribution >= 0.6 is 0 Å². The highest BCUT2D eigenvalue weighted by atomic mass is 16.5. The fourth-order valence-corrected chi connectivity index (χ4v) is 2.56. The molecule has 0 unspecified atom stereocenters. The van der Waals surface area contributed by atoms with Crippen molar-refractivity contribution in [1.29, 1.82) is 5.26 Å². The molecule has 108 valence electrons. The summed E-state index contributed by atoms with van der Waals surface area (Å²) in [5, 5.41) is 13.0. The molecule has 0 amide bonds. The van der Waals surface area contributed by atoms with Gasteiger partial charge in [0.15, 0.2) is 5.82 Å². The van der Waals surface area contributed by atoms with Gasteiger partial charge in [-0.15, -0.1) is 0 Å². The quantitative estimate of drug-likeness (QED) is 0.861. The molecule has 1 aliphatic heterocycles. The molecular formula is C15H17N5O. The molecule has 1 aliphatic rings. The summed E-state index contributed by atoms with van der Waals surface area (Å²) in [6.45, 7) is 4.96. The van der Waals surface area contributed by atoms with Crippen molar-refractivity contribution in [2.24, 2.45) is 0 Å². The van der Waals surface area contributed by atoms with Gasteiger partial charge in [-0.25, -0.2) is 4.98 Å². The van der Waals surface area contributed by atoms with E-state index in [1.54, 1.807) is 6.07 Å². The first-order valence-corrected chi connectivity index (χ1v) is 7.16. The normalized spacial score (nSPS) is 18.2. The molecule has 6 nitrogen and oxygen atoms in total. The number of aromatic nitrogens is 3. The average molecular weight is 283 g/mol. The molecule has 0 bridgehead atoms. The van der Waals surface area contributed by atoms with Crippen LogP contribution in [0.1, 0.15) is 56.1 Å². The lowest BCUT2D eigenvalue weighted by atomic mass is 10.2. The van der Waals surface area contributed by atoms with Gasteiger partial charge in [0, 0.05) is 12.5 Å². The Kier molecular flexibility index (Phi) is 3.57. The summed E-state index contributed by atoms with van der Waals surface area (Å²) >= 11 is 0. The molecular weight excluding hydrogens is 266 g/mol. The van der Waals surface area contributed by atoms with Crippen LogP contribution in [0.2, 0.25) is 0 Å². The minimum Gasteiger partial charge on any atom is -0.345 e. The summed E-state index contributed by atoms with van der Waals surface area (Å²) in [5.41, 5.74) is 0.423. The molecule has 0 saturated carbocycles. The van der Waals surface area contributed by atoms with Gasteiger partial charge in [-0.3, -0.25) is 0 Å². The summed E-state index contributed by atoms with van der Waals surface area (Å²) in [4.78, 5) is 11.0. The highest BCUT2D eigenvalue weighted by Crippen LogP contribution is 2.34. The number of hydrogen-bond acceptors (Lipinski definition) is 6. The van der Waals surface area contributed by atoms with E-state index in [0.29, 0.717) is 11.6 Å². The van der Waals surface area contributed by atoms with Crippen LogP contribution in [-0.4, -0.2) is 21.7 Å². The number of nitriles is 1. The van der Waals surface area contributed by atoms with Crippen LogP contribution in [0, 0.1) is 11.3 Å². The number of hydrogen-bond donors (Lipinski definition) is 0. The van der Waals surface area contributed by atoms with Gasteiger partial charge in [-0.05, 0) is 25.0 Å². The zero-order valence-electron chi connectivity index (χ0n) is 12.2. The minimum atomic E-state index is 0.0476. The Morgan fingerprint density at radius 1 is 1.38 bits per heavy atom. The number of rotatable bonds is 3. The SMILES string of the molecule is CC(C)c1noc([C@@H]2CCCN2c2cccc(C#N)n2)n1. The van der Waals surface area contributed by atoms with Crippen molar-refractivity contribution in [3.8, 4) is 6.07 Å². The fourth-order valence-electron chi connectivity index (χ4n) is 2.56. The summed E-state index contributed by atoms with van der Waals surface area (Å²) < 4.78 is 5.42. The van der Waals surface area contributed by atoms with Crippen molar-refractivity contribution in [3.63, 3.8) is 0 Å². The monoisotopic (exact) mass is 283 g/mol. The van der Waals surface area contributed by atoms with Crippen LogP contribution in [0.3, 0.4) is 0 Å². The van der Waals surface area contributed by atoms with Gasteiger partial charge in [0.1, 0.15) is 23.6 Å². The lowest BCUT2D eigenvalue weighted by Gasteiger charge is -2.22. The largest absolute Gasteiger partial charge is 0.345 e. The molecule has 0 spiro atoms. The van der Waals surface area contributed by atoms with E-state index in [-0.39, 0.29) is 12.0 Å². The molecule has 3 rings (SSSR count). The molecule has 0 aliphatic carbocycles. The van der Waals surface area contributed by atoms with Gasteiger partial charge in [-0.1, -0.05) is 25.1 Å². The molecule has 1 atom stereocenters. The molecule has 2 aromatic rings. The van der Waals surface area contributed by atoms with E-state index in [2.05, 4.69) is 26.1 Å². The third kappa shape index (κ3) is 2.59. The predicted octanol–water partition coefficient (Wildman–Crippen LogP) is 2.80. The molecule has 0 aromatic carbocycles. The van der Waals surface area contributed by atoms with Crippen molar-refractivity contribution in [2.45, 2.75) is 38.6 Å². The Bertz CT molecular complexity index is 673. The molecule has 3 heterocycles. The Balaban J connectivity index is 1.89. The van der Waals surface area contributed by atoms with Crippen LogP contribution in [0.5, 0.6) is 0 Å². The second-order valence-corrected chi connectivity index (χ2v) is 5.49. The van der Waals surface area contributed by atoms with Crippen LogP contribution in [-0.2, 0) is 0 Å². The summed E-state index contributed by atoms with van der Waals surface area (Å²) in [6.07, 6.45) is 2.00. The lowest BCUT2D eigenvalue weighted by Crippen LogP contribution is -2.24. The third-order valence-corrected chi connectivity index (χ3v) is 3.65. The van der Waals surface area contributed by atoms with E-state index in [9.17, 15) is 0 Å². The van der Waals surface area contributed by atoms with Crippen LogP contribution in [0.25, 0.3) is 0 Å². The minimum absolute atomic E-state index is 0.0476. The summed E-state index contributed by atoms with van der Waals surface area (Å²) in [5.74, 6) is 2.41. The van der Waals surface area contributed by atoms with Gasteiger partial charge in [-0.2, -0.15) is 10.2 Å². The molecule has 21 heavy (non-hydrogen) atoms. The molecule has 0 radical (unpaired) electrons. The van der Waals surface area contributed by atoms with Gasteiger partial charge in [0.05, 0.1) is 0 Å². The van der Waals surface area contributed by atoms with Crippen molar-refractivity contribution in [2.75, 3.05) is 11.4 Å². The number of pyridine rings is 1. The van der Waals surface area contributed by atoms with Gasteiger partial charge < -0.3 is 9.42 Å². The second kappa shape index (κ2) is 5.52. The Labute approximate surface area is 123 Å². The average Bonchev–Trinajstić information content (AvgIpc) is 3.15. The maximum atomic E-state index is 8.98. The fraction of sp³-hybridized carbons (Fsp3) is 0.467. The zero-order valence-corrected chi connectivity index (χ0v) is 12.2. The first-order chi connectivity index (χ1) is 10.2. The van der Waals surface area contributed by atoms with Crippen molar-refractivity contribution in [1.82, 2.24) is 15.1 Å². The summed E-state index contributed by atoms with van der Waals surface area (Å²) in [7, 11) is 0. The Morgan fingerprint density at radius 3 is 2.95 bits per heavy atom. The molecule has 6 heteroatoms. The second-order valence-electron chi connectivity index (χ2n) is 5.49. The Morgan fingerprint density at radius 2 is 2.24 bits per heavy atom. The molecule has 1 fully saturated rings. The van der Waals surface area contributed by atoms with Crippen molar-refractivity contribution < 1.29 is 4.52 Å². The first kappa shape index (κ1) is 13.6. The lowest BCUT2D eigenvalue weighted by molar-refractivity contribution is 0.349. The molecule has 0 N–H and O–H groups in total. The number of nitrogens with zero attached hydrogens (tertiary/aromatic N) is 5. The zero-order chi connectivity index (χ0) is 14.8. The van der Waals surface area contributed by atoms with E-state index in [1.807, 2.05) is 26.0 Å². The van der Waals surface area contributed by atoms with Crippen molar-refractivity contribution in [3.05, 3.63) is 35.6 Å². The van der Waals surface area contributed by atoms with Crippen LogP contribution in [0.15, 0.2) is 22.7 Å². The number of anilines is 1. The van der Waals surface area contributed by atoms with Gasteiger partial charge >= 0.3 is 0 Å². The van der Waals surface area contributed by atoms with E-state index < -0.39 is 0 Å². The highest BCUT2D eigenvalue weighted by molar-refractivity contribution is 5.44. The summed E-state index contributed by atoms with van der Waals surface area (Å²) in [6, 6.07) is 7.60. The topological polar surface area (TPSA) is 78.8 Å². The van der Waals surface area contributed by atoms with E-state index in [4.69, 9.17) is 9.78 Å². The first-order valence-electron chi connectivity index (χ1n) is 7.16. The van der Waals surface area contributed by atoms with Crippen LogP contribution in [0.4, 0.5) is 5.82 Å². The van der Waals surface area contributed by atoms with E-state index in [1.165, 1.54) is 0 Å². The maximum Gasteiger partial charge on any atom is 0.249 e.